The molecule has 3 nitrogen and oxygen atoms in total. The van der Waals surface area contributed by atoms with Gasteiger partial charge in [0.25, 0.3) is 0 Å². The van der Waals surface area contributed by atoms with Gasteiger partial charge in [-0.3, -0.25) is 0 Å². The molecule has 0 unspecified atom stereocenters. The van der Waals surface area contributed by atoms with Gasteiger partial charge < -0.3 is 5.32 Å². The minimum Gasteiger partial charge on any atom is -0.309 e. The van der Waals surface area contributed by atoms with Gasteiger partial charge in [0.15, 0.2) is 0 Å². The predicted octanol–water partition coefficient (Wildman–Crippen LogP) is 4.01. The molecular weight excluding hydrogens is 306 g/mol. The lowest BCUT2D eigenvalue weighted by Crippen LogP contribution is -2.22. The van der Waals surface area contributed by atoms with Crippen LogP contribution in [-0.4, -0.2) is 21.5 Å². The molecule has 1 saturated carbocycles. The summed E-state index contributed by atoms with van der Waals surface area (Å²) in [6.07, 6.45) is 9.57. The normalized spacial score (nSPS) is 17.2. The molecule has 1 fully saturated rings. The van der Waals surface area contributed by atoms with Crippen LogP contribution in [0.4, 0.5) is 0 Å². The topological polar surface area (TPSA) is 46.2 Å². The molecule has 0 spiro atoms. The standard InChI is InChI=1S/C19H27NO2S/c1-3-13-20-15-19(14-17-7-5-4-6-8-17)23(21,22)18-11-9-16(2)10-12-18/h3,9-12,14,17,20H,1,4-8,13,15H2,2H3/b19-14+. The van der Waals surface area contributed by atoms with Crippen LogP contribution >= 0.6 is 0 Å². The maximum Gasteiger partial charge on any atom is 0.203 e. The van der Waals surface area contributed by atoms with Crippen LogP contribution in [-0.2, 0) is 9.84 Å². The molecule has 0 atom stereocenters. The summed E-state index contributed by atoms with van der Waals surface area (Å²) in [5, 5.41) is 3.15. The molecule has 2 rings (SSSR count). The highest BCUT2D eigenvalue weighted by atomic mass is 32.2. The molecule has 1 N–H and O–H groups in total. The van der Waals surface area contributed by atoms with Gasteiger partial charge in [0.1, 0.15) is 0 Å². The Labute approximate surface area is 140 Å². The summed E-state index contributed by atoms with van der Waals surface area (Å²) in [6, 6.07) is 7.10. The number of nitrogens with one attached hydrogen (secondary N) is 1. The van der Waals surface area contributed by atoms with Crippen LogP contribution < -0.4 is 5.32 Å². The number of sulfone groups is 1. The zero-order valence-electron chi connectivity index (χ0n) is 13.9. The van der Waals surface area contributed by atoms with Gasteiger partial charge in [-0.1, -0.05) is 49.1 Å². The Morgan fingerprint density at radius 3 is 2.48 bits per heavy atom. The van der Waals surface area contributed by atoms with Crippen molar-refractivity contribution in [3.8, 4) is 0 Å². The SMILES string of the molecule is C=CCNC/C(=C\C1CCCCC1)S(=O)(=O)c1ccc(C)cc1. The number of benzene rings is 1. The van der Waals surface area contributed by atoms with Crippen molar-refractivity contribution < 1.29 is 8.42 Å². The third-order valence-electron chi connectivity index (χ3n) is 4.34. The van der Waals surface area contributed by atoms with E-state index in [4.69, 9.17) is 0 Å². The Hall–Kier alpha value is -1.39. The van der Waals surface area contributed by atoms with Crippen molar-refractivity contribution >= 4 is 9.84 Å². The van der Waals surface area contributed by atoms with Gasteiger partial charge in [0.2, 0.25) is 9.84 Å². The first-order valence-electron chi connectivity index (χ1n) is 8.38. The molecule has 126 valence electrons. The van der Waals surface area contributed by atoms with E-state index in [2.05, 4.69) is 11.9 Å². The average Bonchev–Trinajstić information content (AvgIpc) is 2.55. The quantitative estimate of drug-likeness (QED) is 0.606. The summed E-state index contributed by atoms with van der Waals surface area (Å²) in [5.41, 5.74) is 1.06. The van der Waals surface area contributed by atoms with Gasteiger partial charge in [0.05, 0.1) is 9.80 Å². The van der Waals surface area contributed by atoms with E-state index in [1.54, 1.807) is 18.2 Å². The number of aryl methyl sites for hydroxylation is 1. The highest BCUT2D eigenvalue weighted by Gasteiger charge is 2.22. The Bertz CT molecular complexity index is 638. The van der Waals surface area contributed by atoms with Crippen molar-refractivity contribution in [2.45, 2.75) is 43.9 Å². The molecular formula is C19H27NO2S. The highest BCUT2D eigenvalue weighted by Crippen LogP contribution is 2.28. The van der Waals surface area contributed by atoms with Gasteiger partial charge in [-0.2, -0.15) is 0 Å². The molecule has 0 heterocycles. The van der Waals surface area contributed by atoms with Crippen molar-refractivity contribution in [3.05, 3.63) is 53.5 Å². The van der Waals surface area contributed by atoms with Gasteiger partial charge in [0, 0.05) is 13.1 Å². The van der Waals surface area contributed by atoms with Crippen molar-refractivity contribution in [2.75, 3.05) is 13.1 Å². The second kappa shape index (κ2) is 8.46. The third kappa shape index (κ3) is 5.05. The summed E-state index contributed by atoms with van der Waals surface area (Å²) in [4.78, 5) is 0.876. The Morgan fingerprint density at radius 1 is 1.22 bits per heavy atom. The first-order valence-corrected chi connectivity index (χ1v) is 9.86. The number of hydrogen-bond donors (Lipinski definition) is 1. The lowest BCUT2D eigenvalue weighted by Gasteiger charge is -2.20. The van der Waals surface area contributed by atoms with Crippen LogP contribution in [0.5, 0.6) is 0 Å². The van der Waals surface area contributed by atoms with E-state index in [-0.39, 0.29) is 0 Å². The summed E-state index contributed by atoms with van der Waals surface area (Å²) < 4.78 is 26.0. The Morgan fingerprint density at radius 2 is 1.87 bits per heavy atom. The first-order chi connectivity index (χ1) is 11.0. The van der Waals surface area contributed by atoms with Crippen molar-refractivity contribution in [1.82, 2.24) is 5.32 Å². The molecule has 0 bridgehead atoms. The largest absolute Gasteiger partial charge is 0.309 e. The van der Waals surface area contributed by atoms with Crippen molar-refractivity contribution in [1.29, 1.82) is 0 Å². The van der Waals surface area contributed by atoms with Crippen LogP contribution in [0.2, 0.25) is 0 Å². The molecule has 1 aliphatic rings. The zero-order valence-corrected chi connectivity index (χ0v) is 14.7. The summed E-state index contributed by atoms with van der Waals surface area (Å²) >= 11 is 0. The fourth-order valence-electron chi connectivity index (χ4n) is 2.97. The van der Waals surface area contributed by atoms with Gasteiger partial charge in [-0.15, -0.1) is 6.58 Å². The van der Waals surface area contributed by atoms with Crippen LogP contribution in [0.25, 0.3) is 0 Å². The fourth-order valence-corrected chi connectivity index (χ4v) is 4.43. The Kier molecular flexibility index (Phi) is 6.60. The molecule has 1 aromatic rings. The van der Waals surface area contributed by atoms with E-state index >= 15 is 0 Å². The highest BCUT2D eigenvalue weighted by molar-refractivity contribution is 7.95. The molecule has 0 saturated heterocycles. The van der Waals surface area contributed by atoms with Gasteiger partial charge >= 0.3 is 0 Å². The van der Waals surface area contributed by atoms with E-state index in [9.17, 15) is 8.42 Å². The molecule has 4 heteroatoms. The number of rotatable bonds is 7. The second-order valence-corrected chi connectivity index (χ2v) is 8.27. The average molecular weight is 333 g/mol. The monoisotopic (exact) mass is 333 g/mol. The molecule has 1 aromatic carbocycles. The maximum absolute atomic E-state index is 13.0. The lowest BCUT2D eigenvalue weighted by atomic mass is 9.89. The molecule has 1 aliphatic carbocycles. The minimum atomic E-state index is -3.43. The van der Waals surface area contributed by atoms with E-state index in [1.807, 2.05) is 25.1 Å². The minimum absolute atomic E-state index is 0.360. The summed E-state index contributed by atoms with van der Waals surface area (Å²) in [6.45, 7) is 6.59. The lowest BCUT2D eigenvalue weighted by molar-refractivity contribution is 0.418. The smallest absolute Gasteiger partial charge is 0.203 e. The first kappa shape index (κ1) is 18.0. The van der Waals surface area contributed by atoms with Gasteiger partial charge in [-0.05, 0) is 37.8 Å². The van der Waals surface area contributed by atoms with Crippen LogP contribution in [0.15, 0.2) is 52.8 Å². The number of hydrogen-bond acceptors (Lipinski definition) is 3. The van der Waals surface area contributed by atoms with Crippen LogP contribution in [0.3, 0.4) is 0 Å². The predicted molar refractivity (Wildman–Crippen MR) is 96.1 cm³/mol. The maximum atomic E-state index is 13.0. The number of allylic oxidation sites excluding steroid dienone is 1. The van der Waals surface area contributed by atoms with E-state index in [1.165, 1.54) is 19.3 Å². The van der Waals surface area contributed by atoms with E-state index in [0.29, 0.717) is 28.8 Å². The summed E-state index contributed by atoms with van der Waals surface area (Å²) in [5.74, 6) is 0.379. The van der Waals surface area contributed by atoms with Crippen LogP contribution in [0.1, 0.15) is 37.7 Å². The molecule has 0 aliphatic heterocycles. The molecule has 23 heavy (non-hydrogen) atoms. The summed E-state index contributed by atoms with van der Waals surface area (Å²) in [7, 11) is -3.43. The van der Waals surface area contributed by atoms with E-state index in [0.717, 1.165) is 18.4 Å². The zero-order chi connectivity index (χ0) is 16.7. The fraction of sp³-hybridized carbons (Fsp3) is 0.474. The third-order valence-corrected chi connectivity index (χ3v) is 6.20. The van der Waals surface area contributed by atoms with E-state index < -0.39 is 9.84 Å². The second-order valence-electron chi connectivity index (χ2n) is 6.27. The van der Waals surface area contributed by atoms with Crippen molar-refractivity contribution in [2.24, 2.45) is 5.92 Å². The van der Waals surface area contributed by atoms with Gasteiger partial charge in [-0.25, -0.2) is 8.42 Å². The van der Waals surface area contributed by atoms with Crippen molar-refractivity contribution in [3.63, 3.8) is 0 Å². The molecule has 0 aromatic heterocycles. The molecule has 0 radical (unpaired) electrons. The van der Waals surface area contributed by atoms with Crippen LogP contribution in [0, 0.1) is 12.8 Å². The molecule has 0 amide bonds. The Balaban J connectivity index is 2.28.